The third kappa shape index (κ3) is 3.38. The van der Waals surface area contributed by atoms with Crippen LogP contribution in [0.4, 0.5) is 5.69 Å². The summed E-state index contributed by atoms with van der Waals surface area (Å²) in [5, 5.41) is 1.23. The van der Waals surface area contributed by atoms with E-state index in [4.69, 9.17) is 0 Å². The molecule has 2 aromatic carbocycles. The third-order valence-corrected chi connectivity index (χ3v) is 5.03. The van der Waals surface area contributed by atoms with Gasteiger partial charge in [-0.1, -0.05) is 30.3 Å². The van der Waals surface area contributed by atoms with Gasteiger partial charge in [-0.15, -0.1) is 11.8 Å². The fourth-order valence-corrected chi connectivity index (χ4v) is 3.60. The summed E-state index contributed by atoms with van der Waals surface area (Å²) in [6.45, 7) is 0. The first-order valence-electron chi connectivity index (χ1n) is 7.63. The van der Waals surface area contributed by atoms with Crippen LogP contribution in [0.15, 0.2) is 54.6 Å². The van der Waals surface area contributed by atoms with Crippen LogP contribution in [0.5, 0.6) is 0 Å². The first kappa shape index (κ1) is 16.4. The minimum atomic E-state index is -0.277. The molecule has 0 spiro atoms. The number of nitrogens with one attached hydrogen (secondary N) is 1. The van der Waals surface area contributed by atoms with Gasteiger partial charge in [0.1, 0.15) is 5.37 Å². The van der Waals surface area contributed by atoms with Crippen molar-refractivity contribution in [2.45, 2.75) is 5.37 Å². The topological polar surface area (TPSA) is 52.7 Å². The summed E-state index contributed by atoms with van der Waals surface area (Å²) < 4.78 is 0. The van der Waals surface area contributed by atoms with E-state index in [1.165, 1.54) is 16.8 Å². The Labute approximate surface area is 145 Å². The normalized spacial score (nSPS) is 17.0. The van der Waals surface area contributed by atoms with Crippen LogP contribution in [0.2, 0.25) is 0 Å². The zero-order chi connectivity index (χ0) is 17.1. The van der Waals surface area contributed by atoms with Crippen LogP contribution < -0.4 is 10.3 Å². The largest absolute Gasteiger partial charge is 0.378 e. The Morgan fingerprint density at radius 3 is 2.42 bits per heavy atom. The summed E-state index contributed by atoms with van der Waals surface area (Å²) >= 11 is 1.51. The lowest BCUT2D eigenvalue weighted by Gasteiger charge is -2.25. The first-order chi connectivity index (χ1) is 11.6. The van der Waals surface area contributed by atoms with Crippen molar-refractivity contribution < 1.29 is 9.59 Å². The van der Waals surface area contributed by atoms with Crippen molar-refractivity contribution in [3.63, 3.8) is 0 Å². The lowest BCUT2D eigenvalue weighted by Crippen LogP contribution is -2.44. The van der Waals surface area contributed by atoms with Gasteiger partial charge in [-0.25, -0.2) is 5.01 Å². The molecule has 1 heterocycles. The van der Waals surface area contributed by atoms with E-state index in [1.54, 1.807) is 24.3 Å². The standard InChI is InChI=1S/C18H19N3O2S/c1-20(2)15-10-8-14(9-11-15)18-21(16(22)12-24-18)19-17(23)13-6-4-3-5-7-13/h3-11,18H,12H2,1-2H3,(H,19,23). The number of hydrazine groups is 1. The zero-order valence-electron chi connectivity index (χ0n) is 13.6. The molecule has 2 amide bonds. The number of rotatable bonds is 4. The number of nitrogens with zero attached hydrogens (tertiary/aromatic N) is 2. The van der Waals surface area contributed by atoms with Crippen molar-refractivity contribution in [2.24, 2.45) is 0 Å². The number of benzene rings is 2. The highest BCUT2D eigenvalue weighted by molar-refractivity contribution is 8.00. The Hall–Kier alpha value is -2.47. The molecular weight excluding hydrogens is 322 g/mol. The Bertz CT molecular complexity index is 732. The number of thioether (sulfide) groups is 1. The highest BCUT2D eigenvalue weighted by Crippen LogP contribution is 2.37. The average molecular weight is 341 g/mol. The van der Waals surface area contributed by atoms with Crippen LogP contribution in [-0.4, -0.2) is 36.7 Å². The summed E-state index contributed by atoms with van der Waals surface area (Å²) in [6, 6.07) is 16.9. The van der Waals surface area contributed by atoms with E-state index in [9.17, 15) is 9.59 Å². The lowest BCUT2D eigenvalue weighted by molar-refractivity contribution is -0.130. The van der Waals surface area contributed by atoms with Gasteiger partial charge in [0.2, 0.25) is 0 Å². The minimum absolute atomic E-state index is 0.0917. The second-order valence-electron chi connectivity index (χ2n) is 5.72. The van der Waals surface area contributed by atoms with Gasteiger partial charge >= 0.3 is 0 Å². The van der Waals surface area contributed by atoms with Crippen molar-refractivity contribution in [2.75, 3.05) is 24.7 Å². The van der Waals surface area contributed by atoms with Crippen molar-refractivity contribution in [1.29, 1.82) is 0 Å². The molecule has 1 unspecified atom stereocenters. The number of anilines is 1. The van der Waals surface area contributed by atoms with E-state index in [1.807, 2.05) is 49.3 Å². The summed E-state index contributed by atoms with van der Waals surface area (Å²) in [5.74, 6) is -0.0119. The van der Waals surface area contributed by atoms with Crippen LogP contribution in [0, 0.1) is 0 Å². The SMILES string of the molecule is CN(C)c1ccc(C2SCC(=O)N2NC(=O)c2ccccc2)cc1. The Balaban J connectivity index is 1.78. The molecule has 1 fully saturated rings. The molecule has 0 aromatic heterocycles. The molecule has 3 rings (SSSR count). The maximum absolute atomic E-state index is 12.3. The number of carbonyl (C=O) groups excluding carboxylic acids is 2. The average Bonchev–Trinajstić information content (AvgIpc) is 2.96. The van der Waals surface area contributed by atoms with E-state index in [0.29, 0.717) is 11.3 Å². The smallest absolute Gasteiger partial charge is 0.269 e. The second kappa shape index (κ2) is 6.97. The van der Waals surface area contributed by atoms with Crippen molar-refractivity contribution in [3.05, 3.63) is 65.7 Å². The second-order valence-corrected chi connectivity index (χ2v) is 6.79. The van der Waals surface area contributed by atoms with E-state index in [0.717, 1.165) is 11.3 Å². The Kier molecular flexibility index (Phi) is 4.76. The van der Waals surface area contributed by atoms with Gasteiger partial charge < -0.3 is 4.90 Å². The van der Waals surface area contributed by atoms with E-state index >= 15 is 0 Å². The Morgan fingerprint density at radius 2 is 1.79 bits per heavy atom. The van der Waals surface area contributed by atoms with Gasteiger partial charge in [-0.05, 0) is 29.8 Å². The molecule has 1 atom stereocenters. The molecule has 5 nitrogen and oxygen atoms in total. The van der Waals surface area contributed by atoms with Crippen LogP contribution in [0.25, 0.3) is 0 Å². The maximum atomic E-state index is 12.3. The van der Waals surface area contributed by atoms with Crippen LogP contribution >= 0.6 is 11.8 Å². The molecule has 0 saturated carbocycles. The summed E-state index contributed by atoms with van der Waals surface area (Å²) in [7, 11) is 3.96. The van der Waals surface area contributed by atoms with Gasteiger partial charge in [0.05, 0.1) is 5.75 Å². The van der Waals surface area contributed by atoms with Crippen LogP contribution in [0.1, 0.15) is 21.3 Å². The summed E-state index contributed by atoms with van der Waals surface area (Å²) in [6.07, 6.45) is 0. The highest BCUT2D eigenvalue weighted by atomic mass is 32.2. The summed E-state index contributed by atoms with van der Waals surface area (Å²) in [5.41, 5.74) is 5.36. The molecule has 1 aliphatic rings. The zero-order valence-corrected chi connectivity index (χ0v) is 14.4. The summed E-state index contributed by atoms with van der Waals surface area (Å²) in [4.78, 5) is 26.5. The quantitative estimate of drug-likeness (QED) is 0.929. The third-order valence-electron chi connectivity index (χ3n) is 3.82. The van der Waals surface area contributed by atoms with E-state index < -0.39 is 0 Å². The minimum Gasteiger partial charge on any atom is -0.378 e. The molecule has 2 aromatic rings. The van der Waals surface area contributed by atoms with Gasteiger partial charge in [0.15, 0.2) is 0 Å². The van der Waals surface area contributed by atoms with Crippen LogP contribution in [-0.2, 0) is 4.79 Å². The van der Waals surface area contributed by atoms with E-state index in [-0.39, 0.29) is 17.2 Å². The predicted molar refractivity (Wildman–Crippen MR) is 96.7 cm³/mol. The van der Waals surface area contributed by atoms with Gasteiger partial charge in [-0.2, -0.15) is 0 Å². The molecule has 6 heteroatoms. The molecule has 124 valence electrons. The van der Waals surface area contributed by atoms with Crippen molar-refractivity contribution >= 4 is 29.3 Å². The monoisotopic (exact) mass is 341 g/mol. The lowest BCUT2D eigenvalue weighted by atomic mass is 10.2. The number of hydrogen-bond donors (Lipinski definition) is 1. The predicted octanol–water partition coefficient (Wildman–Crippen LogP) is 2.67. The van der Waals surface area contributed by atoms with Gasteiger partial charge in [0.25, 0.3) is 11.8 Å². The van der Waals surface area contributed by atoms with Gasteiger partial charge in [-0.3, -0.25) is 15.0 Å². The maximum Gasteiger partial charge on any atom is 0.269 e. The molecule has 0 radical (unpaired) electrons. The first-order valence-corrected chi connectivity index (χ1v) is 8.68. The van der Waals surface area contributed by atoms with Crippen molar-refractivity contribution in [1.82, 2.24) is 10.4 Å². The fourth-order valence-electron chi connectivity index (χ4n) is 2.49. The fraction of sp³-hybridized carbons (Fsp3) is 0.222. The van der Waals surface area contributed by atoms with Crippen molar-refractivity contribution in [3.8, 4) is 0 Å². The van der Waals surface area contributed by atoms with Crippen LogP contribution in [0.3, 0.4) is 0 Å². The van der Waals surface area contributed by atoms with E-state index in [2.05, 4.69) is 5.43 Å². The number of carbonyl (C=O) groups is 2. The molecule has 0 aliphatic carbocycles. The number of amides is 2. The molecule has 1 N–H and O–H groups in total. The molecule has 1 saturated heterocycles. The highest BCUT2D eigenvalue weighted by Gasteiger charge is 2.34. The number of hydrogen-bond acceptors (Lipinski definition) is 4. The molecule has 24 heavy (non-hydrogen) atoms. The molecule has 0 bridgehead atoms. The van der Waals surface area contributed by atoms with Gasteiger partial charge in [0, 0.05) is 25.3 Å². The molecular formula is C18H19N3O2S. The molecule has 1 aliphatic heterocycles. The Morgan fingerprint density at radius 1 is 1.12 bits per heavy atom.